The highest BCUT2D eigenvalue weighted by Gasteiger charge is 2.11. The van der Waals surface area contributed by atoms with Gasteiger partial charge in [0, 0.05) is 22.5 Å². The van der Waals surface area contributed by atoms with Crippen LogP contribution in [0.2, 0.25) is 0 Å². The normalized spacial score (nSPS) is 11.0. The fourth-order valence-electron chi connectivity index (χ4n) is 2.31. The fraction of sp³-hybridized carbons (Fsp3) is 0.200. The molecule has 4 nitrogen and oxygen atoms in total. The van der Waals surface area contributed by atoms with Gasteiger partial charge >= 0.3 is 0 Å². The van der Waals surface area contributed by atoms with E-state index in [1.807, 2.05) is 56.3 Å². The van der Waals surface area contributed by atoms with Crippen LogP contribution >= 0.6 is 0 Å². The average molecular weight is 322 g/mol. The van der Waals surface area contributed by atoms with Gasteiger partial charge in [-0.25, -0.2) is 0 Å². The van der Waals surface area contributed by atoms with E-state index >= 15 is 0 Å². The van der Waals surface area contributed by atoms with Crippen molar-refractivity contribution in [3.63, 3.8) is 0 Å². The third-order valence-electron chi connectivity index (χ3n) is 3.73. The van der Waals surface area contributed by atoms with Crippen LogP contribution in [0.15, 0.2) is 60.2 Å². The van der Waals surface area contributed by atoms with Gasteiger partial charge in [-0.1, -0.05) is 37.3 Å². The summed E-state index contributed by atoms with van der Waals surface area (Å²) in [6, 6.07) is 14.5. The third-order valence-corrected chi connectivity index (χ3v) is 3.73. The molecule has 0 heterocycles. The van der Waals surface area contributed by atoms with Crippen LogP contribution in [0, 0.1) is 6.92 Å². The van der Waals surface area contributed by atoms with E-state index in [2.05, 4.69) is 10.6 Å². The van der Waals surface area contributed by atoms with Crippen molar-refractivity contribution in [1.29, 1.82) is 0 Å². The lowest BCUT2D eigenvalue weighted by atomic mass is 10.1. The summed E-state index contributed by atoms with van der Waals surface area (Å²) < 4.78 is 0. The summed E-state index contributed by atoms with van der Waals surface area (Å²) in [5.74, 6) is -0.310. The van der Waals surface area contributed by atoms with Gasteiger partial charge in [0.1, 0.15) is 0 Å². The van der Waals surface area contributed by atoms with E-state index in [0.717, 1.165) is 12.0 Å². The fourth-order valence-corrected chi connectivity index (χ4v) is 2.31. The zero-order valence-corrected chi connectivity index (χ0v) is 14.2. The van der Waals surface area contributed by atoms with E-state index in [-0.39, 0.29) is 11.8 Å². The Hall–Kier alpha value is -2.88. The third kappa shape index (κ3) is 4.32. The Balaban J connectivity index is 2.17. The van der Waals surface area contributed by atoms with E-state index in [1.54, 1.807) is 19.1 Å². The van der Waals surface area contributed by atoms with E-state index in [1.165, 1.54) is 0 Å². The molecule has 0 spiro atoms. The molecule has 0 unspecified atom stereocenters. The maximum Gasteiger partial charge on any atom is 0.255 e. The number of nitrogens with one attached hydrogen (secondary N) is 2. The number of carbonyl (C=O) groups is 2. The van der Waals surface area contributed by atoms with Crippen LogP contribution in [0.25, 0.3) is 0 Å². The summed E-state index contributed by atoms with van der Waals surface area (Å²) in [5.41, 5.74) is 3.46. The number of hydrogen-bond acceptors (Lipinski definition) is 2. The molecule has 0 radical (unpaired) electrons. The molecule has 124 valence electrons. The highest BCUT2D eigenvalue weighted by Crippen LogP contribution is 2.24. The van der Waals surface area contributed by atoms with Crippen molar-refractivity contribution in [3.05, 3.63) is 71.3 Å². The van der Waals surface area contributed by atoms with Crippen LogP contribution in [0.5, 0.6) is 0 Å². The molecule has 0 aliphatic rings. The molecule has 0 fully saturated rings. The molecule has 0 aliphatic carbocycles. The van der Waals surface area contributed by atoms with Crippen molar-refractivity contribution in [3.8, 4) is 0 Å². The van der Waals surface area contributed by atoms with Gasteiger partial charge in [-0.2, -0.15) is 0 Å². The quantitative estimate of drug-likeness (QED) is 0.794. The van der Waals surface area contributed by atoms with Crippen molar-refractivity contribution in [2.75, 3.05) is 10.6 Å². The minimum absolute atomic E-state index is 0.133. The molecule has 4 heteroatoms. The summed E-state index contributed by atoms with van der Waals surface area (Å²) in [4.78, 5) is 24.4. The lowest BCUT2D eigenvalue weighted by Gasteiger charge is -2.14. The average Bonchev–Trinajstić information content (AvgIpc) is 2.59. The predicted octanol–water partition coefficient (Wildman–Crippen LogP) is 4.54. The highest BCUT2D eigenvalue weighted by atomic mass is 16.2. The predicted molar refractivity (Wildman–Crippen MR) is 98.3 cm³/mol. The minimum Gasteiger partial charge on any atom is -0.322 e. The van der Waals surface area contributed by atoms with Gasteiger partial charge in [-0.15, -0.1) is 0 Å². The lowest BCUT2D eigenvalue weighted by molar-refractivity contribution is -0.112. The molecule has 2 amide bonds. The Labute approximate surface area is 142 Å². The topological polar surface area (TPSA) is 58.2 Å². The first-order valence-corrected chi connectivity index (χ1v) is 7.97. The van der Waals surface area contributed by atoms with Gasteiger partial charge in [-0.3, -0.25) is 9.59 Å². The first-order valence-electron chi connectivity index (χ1n) is 7.97. The Morgan fingerprint density at radius 3 is 2.21 bits per heavy atom. The van der Waals surface area contributed by atoms with Gasteiger partial charge in [0.2, 0.25) is 0 Å². The summed E-state index contributed by atoms with van der Waals surface area (Å²) in [7, 11) is 0. The lowest BCUT2D eigenvalue weighted by Crippen LogP contribution is -2.16. The van der Waals surface area contributed by atoms with Crippen LogP contribution in [-0.2, 0) is 4.79 Å². The van der Waals surface area contributed by atoms with Gasteiger partial charge in [0.05, 0.1) is 0 Å². The van der Waals surface area contributed by atoms with Gasteiger partial charge in [0.15, 0.2) is 0 Å². The summed E-state index contributed by atoms with van der Waals surface area (Å²) >= 11 is 0. The van der Waals surface area contributed by atoms with Gasteiger partial charge in [0.25, 0.3) is 11.8 Å². The number of allylic oxidation sites excluding steroid dienone is 1. The molecule has 2 aromatic rings. The van der Waals surface area contributed by atoms with Gasteiger partial charge in [-0.05, 0) is 50.1 Å². The molecule has 0 atom stereocenters. The molecule has 2 N–H and O–H groups in total. The molecule has 0 bridgehead atoms. The first kappa shape index (κ1) is 17.5. The van der Waals surface area contributed by atoms with Crippen molar-refractivity contribution in [1.82, 2.24) is 0 Å². The van der Waals surface area contributed by atoms with Crippen molar-refractivity contribution in [2.45, 2.75) is 27.2 Å². The van der Waals surface area contributed by atoms with Crippen molar-refractivity contribution < 1.29 is 9.59 Å². The van der Waals surface area contributed by atoms with Crippen LogP contribution in [0.1, 0.15) is 36.2 Å². The number of rotatable bonds is 5. The standard InChI is InChI=1S/C20H22N2O2/c1-4-9-14(2)19(23)21-17-12-8-13-18(15(17)3)22-20(24)16-10-6-5-7-11-16/h5-13H,4H2,1-3H3,(H,21,23)(H,22,24)/b14-9+. The second-order valence-electron chi connectivity index (χ2n) is 5.55. The van der Waals surface area contributed by atoms with Crippen LogP contribution in [0.4, 0.5) is 11.4 Å². The summed E-state index contributed by atoms with van der Waals surface area (Å²) in [6.07, 6.45) is 2.69. The van der Waals surface area contributed by atoms with Crippen molar-refractivity contribution >= 4 is 23.2 Å². The van der Waals surface area contributed by atoms with E-state index in [0.29, 0.717) is 22.5 Å². The number of amides is 2. The molecule has 0 aromatic heterocycles. The van der Waals surface area contributed by atoms with Gasteiger partial charge < -0.3 is 10.6 Å². The largest absolute Gasteiger partial charge is 0.322 e. The van der Waals surface area contributed by atoms with Crippen LogP contribution in [0.3, 0.4) is 0 Å². The Kier molecular flexibility index (Phi) is 5.90. The molecule has 2 aromatic carbocycles. The zero-order chi connectivity index (χ0) is 17.5. The summed E-state index contributed by atoms with van der Waals surface area (Å²) in [6.45, 7) is 5.64. The summed E-state index contributed by atoms with van der Waals surface area (Å²) in [5, 5.41) is 5.78. The smallest absolute Gasteiger partial charge is 0.255 e. The van der Waals surface area contributed by atoms with E-state index < -0.39 is 0 Å². The number of carbonyl (C=O) groups excluding carboxylic acids is 2. The first-order chi connectivity index (χ1) is 11.5. The molecule has 0 saturated heterocycles. The molecular formula is C20H22N2O2. The van der Waals surface area contributed by atoms with Crippen LogP contribution < -0.4 is 10.6 Å². The molecule has 0 saturated carbocycles. The number of hydrogen-bond donors (Lipinski definition) is 2. The zero-order valence-electron chi connectivity index (χ0n) is 14.2. The Morgan fingerprint density at radius 1 is 0.958 bits per heavy atom. The van der Waals surface area contributed by atoms with Crippen molar-refractivity contribution in [2.24, 2.45) is 0 Å². The minimum atomic E-state index is -0.177. The monoisotopic (exact) mass is 322 g/mol. The molecule has 24 heavy (non-hydrogen) atoms. The molecule has 2 rings (SSSR count). The second kappa shape index (κ2) is 8.11. The van der Waals surface area contributed by atoms with E-state index in [9.17, 15) is 9.59 Å². The maximum absolute atomic E-state index is 12.3. The highest BCUT2D eigenvalue weighted by molar-refractivity contribution is 6.06. The Bertz CT molecular complexity index is 764. The maximum atomic E-state index is 12.3. The molecular weight excluding hydrogens is 300 g/mol. The SMILES string of the molecule is CC/C=C(\C)C(=O)Nc1cccc(NC(=O)c2ccccc2)c1C. The van der Waals surface area contributed by atoms with E-state index in [4.69, 9.17) is 0 Å². The number of anilines is 2. The molecule has 0 aliphatic heterocycles. The second-order valence-corrected chi connectivity index (χ2v) is 5.55. The number of benzene rings is 2. The van der Waals surface area contributed by atoms with Crippen LogP contribution in [-0.4, -0.2) is 11.8 Å². The Morgan fingerprint density at radius 2 is 1.58 bits per heavy atom.